The van der Waals surface area contributed by atoms with Gasteiger partial charge in [0.15, 0.2) is 0 Å². The fourth-order valence-corrected chi connectivity index (χ4v) is 3.46. The number of alkyl halides is 3. The first kappa shape index (κ1) is 17.8. The number of benzene rings is 1. The van der Waals surface area contributed by atoms with Crippen molar-refractivity contribution in [1.82, 2.24) is 15.1 Å². The summed E-state index contributed by atoms with van der Waals surface area (Å²) in [6.45, 7) is 0.819. The third-order valence-electron chi connectivity index (χ3n) is 4.08. The number of amides is 1. The summed E-state index contributed by atoms with van der Waals surface area (Å²) < 4.78 is 42.6. The van der Waals surface area contributed by atoms with Crippen LogP contribution in [0.25, 0.3) is 0 Å². The van der Waals surface area contributed by atoms with Gasteiger partial charge in [0.1, 0.15) is 0 Å². The van der Waals surface area contributed by atoms with Crippen LogP contribution >= 0.6 is 11.8 Å². The number of likely N-dealkylation sites (tertiary alicyclic amines) is 1. The number of carbonyl (C=O) groups is 1. The number of rotatable bonds is 3. The lowest BCUT2D eigenvalue weighted by molar-refractivity contribution is -0.157. The number of nitrogens with zero attached hydrogens (tertiary/aromatic N) is 3. The molecular formula is C16H16F3N3O2S. The molecule has 0 bridgehead atoms. The van der Waals surface area contributed by atoms with Gasteiger partial charge in [0, 0.05) is 18.0 Å². The van der Waals surface area contributed by atoms with Gasteiger partial charge in [-0.3, -0.25) is 4.79 Å². The maximum absolute atomic E-state index is 12.8. The largest absolute Gasteiger partial charge is 0.470 e. The quantitative estimate of drug-likeness (QED) is 0.768. The van der Waals surface area contributed by atoms with Crippen molar-refractivity contribution in [2.24, 2.45) is 0 Å². The summed E-state index contributed by atoms with van der Waals surface area (Å²) in [6.07, 6.45) is -1.50. The van der Waals surface area contributed by atoms with Crippen molar-refractivity contribution in [1.29, 1.82) is 0 Å². The van der Waals surface area contributed by atoms with Crippen LogP contribution in [0.2, 0.25) is 0 Å². The van der Waals surface area contributed by atoms with E-state index >= 15 is 0 Å². The summed E-state index contributed by atoms with van der Waals surface area (Å²) >= 11 is 1.48. The van der Waals surface area contributed by atoms with Crippen molar-refractivity contribution in [2.75, 3.05) is 19.3 Å². The monoisotopic (exact) mass is 371 g/mol. The van der Waals surface area contributed by atoms with Crippen LogP contribution in [0, 0.1) is 0 Å². The van der Waals surface area contributed by atoms with E-state index in [-0.39, 0.29) is 24.3 Å². The lowest BCUT2D eigenvalue weighted by Gasteiger charge is -2.31. The lowest BCUT2D eigenvalue weighted by atomic mass is 9.97. The highest BCUT2D eigenvalue weighted by molar-refractivity contribution is 7.98. The highest BCUT2D eigenvalue weighted by Crippen LogP contribution is 2.32. The van der Waals surface area contributed by atoms with Gasteiger partial charge in [-0.1, -0.05) is 12.1 Å². The van der Waals surface area contributed by atoms with E-state index in [1.807, 2.05) is 18.4 Å². The molecule has 1 aliphatic heterocycles. The van der Waals surface area contributed by atoms with Crippen molar-refractivity contribution < 1.29 is 22.4 Å². The van der Waals surface area contributed by atoms with Gasteiger partial charge in [0.2, 0.25) is 5.89 Å². The van der Waals surface area contributed by atoms with Gasteiger partial charge in [-0.05, 0) is 31.2 Å². The predicted octanol–water partition coefficient (Wildman–Crippen LogP) is 3.83. The average molecular weight is 371 g/mol. The molecule has 1 aromatic carbocycles. The van der Waals surface area contributed by atoms with Crippen LogP contribution in [0.4, 0.5) is 13.2 Å². The van der Waals surface area contributed by atoms with Gasteiger partial charge in [-0.2, -0.15) is 13.2 Å². The Kier molecular flexibility index (Phi) is 5.03. The Morgan fingerprint density at radius 1 is 1.32 bits per heavy atom. The molecule has 0 N–H and O–H groups in total. The average Bonchev–Trinajstić information content (AvgIpc) is 3.12. The molecule has 1 amide bonds. The number of hydrogen-bond acceptors (Lipinski definition) is 5. The third-order valence-corrected chi connectivity index (χ3v) is 4.87. The number of aromatic nitrogens is 2. The zero-order valence-electron chi connectivity index (χ0n) is 13.4. The van der Waals surface area contributed by atoms with Crippen molar-refractivity contribution >= 4 is 17.7 Å². The van der Waals surface area contributed by atoms with E-state index in [0.29, 0.717) is 24.9 Å². The van der Waals surface area contributed by atoms with Crippen molar-refractivity contribution in [3.63, 3.8) is 0 Å². The Bertz CT molecular complexity index is 763. The van der Waals surface area contributed by atoms with Gasteiger partial charge in [0.25, 0.3) is 5.91 Å². The maximum atomic E-state index is 12.8. The van der Waals surface area contributed by atoms with E-state index in [1.54, 1.807) is 17.0 Å². The van der Waals surface area contributed by atoms with Crippen molar-refractivity contribution in [3.8, 4) is 0 Å². The van der Waals surface area contributed by atoms with Crippen LogP contribution < -0.4 is 0 Å². The molecule has 1 unspecified atom stereocenters. The van der Waals surface area contributed by atoms with E-state index in [1.165, 1.54) is 11.8 Å². The number of thioether (sulfide) groups is 1. The van der Waals surface area contributed by atoms with Crippen LogP contribution in [0.1, 0.15) is 40.9 Å². The van der Waals surface area contributed by atoms with Gasteiger partial charge in [0.05, 0.1) is 11.5 Å². The van der Waals surface area contributed by atoms with E-state index in [2.05, 4.69) is 10.2 Å². The predicted molar refractivity (Wildman–Crippen MR) is 85.4 cm³/mol. The molecule has 0 aliphatic carbocycles. The molecular weight excluding hydrogens is 355 g/mol. The fourth-order valence-electron chi connectivity index (χ4n) is 2.87. The molecule has 1 saturated heterocycles. The number of halogens is 3. The Balaban J connectivity index is 1.77. The zero-order valence-corrected chi connectivity index (χ0v) is 14.2. The van der Waals surface area contributed by atoms with Crippen LogP contribution in [-0.2, 0) is 6.18 Å². The molecule has 25 heavy (non-hydrogen) atoms. The Labute approximate surface area is 146 Å². The molecule has 1 atom stereocenters. The highest BCUT2D eigenvalue weighted by atomic mass is 32.2. The first-order valence-corrected chi connectivity index (χ1v) is 8.95. The van der Waals surface area contributed by atoms with Crippen molar-refractivity contribution in [2.45, 2.75) is 29.8 Å². The van der Waals surface area contributed by atoms with Crippen LogP contribution in [0.15, 0.2) is 33.6 Å². The molecule has 134 valence electrons. The normalized spacial score (nSPS) is 18.4. The van der Waals surface area contributed by atoms with E-state index < -0.39 is 12.1 Å². The molecule has 0 spiro atoms. The first-order chi connectivity index (χ1) is 11.9. The summed E-state index contributed by atoms with van der Waals surface area (Å²) in [7, 11) is 0. The number of piperidine rings is 1. The molecule has 2 heterocycles. The Hall–Kier alpha value is -2.03. The van der Waals surface area contributed by atoms with Gasteiger partial charge in [-0.15, -0.1) is 22.0 Å². The van der Waals surface area contributed by atoms with Crippen molar-refractivity contribution in [3.05, 3.63) is 41.6 Å². The minimum Gasteiger partial charge on any atom is -0.417 e. The van der Waals surface area contributed by atoms with Gasteiger partial charge < -0.3 is 9.32 Å². The zero-order chi connectivity index (χ0) is 18.0. The summed E-state index contributed by atoms with van der Waals surface area (Å²) in [6, 6.07) is 7.28. The van der Waals surface area contributed by atoms with Crippen LogP contribution in [-0.4, -0.2) is 40.3 Å². The smallest absolute Gasteiger partial charge is 0.417 e. The molecule has 1 aromatic heterocycles. The standard InChI is InChI=1S/C16H16F3N3O2S/c1-25-12-7-3-2-6-11(12)14(23)22-8-4-5-10(9-22)13-20-21-15(24-13)16(17,18)19/h2-3,6-7,10H,4-5,8-9H2,1H3. The molecule has 3 rings (SSSR count). The fraction of sp³-hybridized carbons (Fsp3) is 0.438. The van der Waals surface area contributed by atoms with E-state index in [0.717, 1.165) is 4.90 Å². The van der Waals surface area contributed by atoms with E-state index in [9.17, 15) is 18.0 Å². The third kappa shape index (κ3) is 3.81. The topological polar surface area (TPSA) is 59.2 Å². The van der Waals surface area contributed by atoms with Gasteiger partial charge >= 0.3 is 12.1 Å². The summed E-state index contributed by atoms with van der Waals surface area (Å²) in [5.41, 5.74) is 0.595. The minimum atomic E-state index is -4.66. The number of carbonyl (C=O) groups excluding carboxylic acids is 1. The summed E-state index contributed by atoms with van der Waals surface area (Å²) in [5.74, 6) is -1.94. The summed E-state index contributed by atoms with van der Waals surface area (Å²) in [5, 5.41) is 6.60. The van der Waals surface area contributed by atoms with E-state index in [4.69, 9.17) is 4.42 Å². The first-order valence-electron chi connectivity index (χ1n) is 7.73. The Morgan fingerprint density at radius 3 is 2.76 bits per heavy atom. The molecule has 1 aliphatic rings. The minimum absolute atomic E-state index is 0.0667. The molecule has 5 nitrogen and oxygen atoms in total. The van der Waals surface area contributed by atoms with Crippen LogP contribution in [0.3, 0.4) is 0 Å². The number of hydrogen-bond donors (Lipinski definition) is 0. The molecule has 0 saturated carbocycles. The molecule has 2 aromatic rings. The second-order valence-corrected chi connectivity index (χ2v) is 6.58. The summed E-state index contributed by atoms with van der Waals surface area (Å²) in [4.78, 5) is 15.3. The second-order valence-electron chi connectivity index (χ2n) is 5.73. The van der Waals surface area contributed by atoms with Crippen LogP contribution in [0.5, 0.6) is 0 Å². The lowest BCUT2D eigenvalue weighted by Crippen LogP contribution is -2.39. The Morgan fingerprint density at radius 2 is 2.08 bits per heavy atom. The molecule has 0 radical (unpaired) electrons. The molecule has 9 heteroatoms. The SMILES string of the molecule is CSc1ccccc1C(=O)N1CCCC(c2nnc(C(F)(F)F)o2)C1. The highest BCUT2D eigenvalue weighted by Gasteiger charge is 2.39. The maximum Gasteiger partial charge on any atom is 0.470 e. The van der Waals surface area contributed by atoms with Gasteiger partial charge in [-0.25, -0.2) is 0 Å². The second kappa shape index (κ2) is 7.07. The molecule has 1 fully saturated rings.